The van der Waals surface area contributed by atoms with Crippen molar-refractivity contribution < 1.29 is 0 Å². The van der Waals surface area contributed by atoms with Crippen LogP contribution in [0.2, 0.25) is 5.02 Å². The molecule has 1 heterocycles. The second-order valence-electron chi connectivity index (χ2n) is 4.66. The number of hydrogen-bond acceptors (Lipinski definition) is 4. The van der Waals surface area contributed by atoms with Crippen LogP contribution in [0.4, 0.5) is 0 Å². The van der Waals surface area contributed by atoms with Crippen LogP contribution >= 0.6 is 23.4 Å². The third kappa shape index (κ3) is 3.34. The molecule has 1 N–H and O–H groups in total. The van der Waals surface area contributed by atoms with Crippen molar-refractivity contribution in [3.8, 4) is 0 Å². The Kier molecular flexibility index (Phi) is 5.07. The molecule has 1 aromatic heterocycles. The van der Waals surface area contributed by atoms with Gasteiger partial charge in [0, 0.05) is 18.0 Å². The van der Waals surface area contributed by atoms with E-state index in [0.29, 0.717) is 6.04 Å². The Bertz CT molecular complexity index is 597. The lowest BCUT2D eigenvalue weighted by molar-refractivity contribution is 0.598. The molecule has 0 bridgehead atoms. The molecule has 2 aromatic rings. The molecule has 0 radical (unpaired) electrons. The van der Waals surface area contributed by atoms with Gasteiger partial charge in [0.15, 0.2) is 5.16 Å². The summed E-state index contributed by atoms with van der Waals surface area (Å²) < 4.78 is 1.95. The summed E-state index contributed by atoms with van der Waals surface area (Å²) in [6, 6.07) is 6.46. The van der Waals surface area contributed by atoms with Gasteiger partial charge in [-0.15, -0.1) is 10.2 Å². The minimum absolute atomic E-state index is 0.300. The zero-order chi connectivity index (χ0) is 14.7. The van der Waals surface area contributed by atoms with Gasteiger partial charge in [-0.25, -0.2) is 0 Å². The van der Waals surface area contributed by atoms with Gasteiger partial charge in [0.2, 0.25) is 0 Å². The fourth-order valence-corrected chi connectivity index (χ4v) is 3.01. The third-order valence-corrected chi connectivity index (χ3v) is 4.76. The summed E-state index contributed by atoms with van der Waals surface area (Å²) in [5.41, 5.74) is 1.19. The molecular formula is C14H19ClN4S. The Labute approximate surface area is 128 Å². The number of nitrogens with one attached hydrogen (secondary N) is 1. The summed E-state index contributed by atoms with van der Waals surface area (Å²) in [5, 5.41) is 13.2. The van der Waals surface area contributed by atoms with Crippen LogP contribution in [0.25, 0.3) is 0 Å². The van der Waals surface area contributed by atoms with E-state index in [1.54, 1.807) is 0 Å². The average Bonchev–Trinajstić information content (AvgIpc) is 2.73. The van der Waals surface area contributed by atoms with Gasteiger partial charge in [0.05, 0.1) is 5.02 Å². The van der Waals surface area contributed by atoms with Gasteiger partial charge in [-0.05, 0) is 49.9 Å². The SMILES string of the molecule is CCNC(C)c1ccc(Sc2nnc(C)n2C)c(Cl)c1. The summed E-state index contributed by atoms with van der Waals surface area (Å²) >= 11 is 7.91. The molecule has 2 rings (SSSR count). The van der Waals surface area contributed by atoms with Gasteiger partial charge in [0.1, 0.15) is 5.82 Å². The molecule has 1 atom stereocenters. The van der Waals surface area contributed by atoms with Crippen molar-refractivity contribution in [2.75, 3.05) is 6.54 Å². The van der Waals surface area contributed by atoms with Gasteiger partial charge in [-0.3, -0.25) is 0 Å². The van der Waals surface area contributed by atoms with Crippen molar-refractivity contribution in [1.82, 2.24) is 20.1 Å². The first-order chi connectivity index (χ1) is 9.52. The monoisotopic (exact) mass is 310 g/mol. The van der Waals surface area contributed by atoms with E-state index in [1.807, 2.05) is 30.7 Å². The smallest absolute Gasteiger partial charge is 0.195 e. The molecule has 0 amide bonds. The van der Waals surface area contributed by atoms with Crippen molar-refractivity contribution in [2.45, 2.75) is 36.9 Å². The van der Waals surface area contributed by atoms with Gasteiger partial charge in [-0.1, -0.05) is 24.6 Å². The number of halogens is 1. The maximum Gasteiger partial charge on any atom is 0.195 e. The zero-order valence-corrected chi connectivity index (χ0v) is 13.7. The molecular weight excluding hydrogens is 292 g/mol. The van der Waals surface area contributed by atoms with Crippen LogP contribution in [0.3, 0.4) is 0 Å². The van der Waals surface area contributed by atoms with E-state index in [4.69, 9.17) is 11.6 Å². The average molecular weight is 311 g/mol. The van der Waals surface area contributed by atoms with Crippen LogP contribution in [-0.2, 0) is 7.05 Å². The van der Waals surface area contributed by atoms with Crippen molar-refractivity contribution in [2.24, 2.45) is 7.05 Å². The van der Waals surface area contributed by atoms with E-state index in [0.717, 1.165) is 27.4 Å². The van der Waals surface area contributed by atoms with E-state index < -0.39 is 0 Å². The molecule has 6 heteroatoms. The summed E-state index contributed by atoms with van der Waals surface area (Å²) in [6.45, 7) is 7.10. The highest BCUT2D eigenvalue weighted by Gasteiger charge is 2.11. The van der Waals surface area contributed by atoms with Gasteiger partial charge in [0.25, 0.3) is 0 Å². The number of hydrogen-bond donors (Lipinski definition) is 1. The van der Waals surface area contributed by atoms with Crippen LogP contribution in [0.1, 0.15) is 31.3 Å². The first kappa shape index (κ1) is 15.4. The summed E-state index contributed by atoms with van der Waals surface area (Å²) in [4.78, 5) is 0.995. The van der Waals surface area contributed by atoms with Crippen LogP contribution in [0.5, 0.6) is 0 Å². The Hall–Kier alpha value is -1.04. The molecule has 0 saturated carbocycles. The number of nitrogens with zero attached hydrogens (tertiary/aromatic N) is 3. The minimum Gasteiger partial charge on any atom is -0.310 e. The molecule has 0 aliphatic rings. The quantitative estimate of drug-likeness (QED) is 0.916. The lowest BCUT2D eigenvalue weighted by Gasteiger charge is -2.14. The summed E-state index contributed by atoms with van der Waals surface area (Å²) in [6.07, 6.45) is 0. The molecule has 4 nitrogen and oxygen atoms in total. The molecule has 108 valence electrons. The van der Waals surface area contributed by atoms with Crippen molar-refractivity contribution >= 4 is 23.4 Å². The minimum atomic E-state index is 0.300. The predicted octanol–water partition coefficient (Wildman–Crippen LogP) is 3.60. The fraction of sp³-hybridized carbons (Fsp3) is 0.429. The van der Waals surface area contributed by atoms with Gasteiger partial charge < -0.3 is 9.88 Å². The first-order valence-electron chi connectivity index (χ1n) is 6.59. The molecule has 0 aliphatic carbocycles. The molecule has 0 fully saturated rings. The number of rotatable bonds is 5. The number of aromatic nitrogens is 3. The van der Waals surface area contributed by atoms with Crippen molar-refractivity contribution in [3.63, 3.8) is 0 Å². The molecule has 0 spiro atoms. The highest BCUT2D eigenvalue weighted by atomic mass is 35.5. The second-order valence-corrected chi connectivity index (χ2v) is 6.08. The third-order valence-electron chi connectivity index (χ3n) is 3.22. The predicted molar refractivity (Wildman–Crippen MR) is 83.4 cm³/mol. The van der Waals surface area contributed by atoms with Crippen LogP contribution in [-0.4, -0.2) is 21.3 Å². The number of aryl methyl sites for hydroxylation is 1. The topological polar surface area (TPSA) is 42.7 Å². The Balaban J connectivity index is 2.20. The van der Waals surface area contributed by atoms with Crippen molar-refractivity contribution in [3.05, 3.63) is 34.6 Å². The lowest BCUT2D eigenvalue weighted by atomic mass is 10.1. The van der Waals surface area contributed by atoms with Gasteiger partial charge >= 0.3 is 0 Å². The number of benzene rings is 1. The normalized spacial score (nSPS) is 12.7. The van der Waals surface area contributed by atoms with E-state index in [2.05, 4.69) is 35.4 Å². The highest BCUT2D eigenvalue weighted by molar-refractivity contribution is 7.99. The summed E-state index contributed by atoms with van der Waals surface area (Å²) in [5.74, 6) is 0.890. The van der Waals surface area contributed by atoms with Gasteiger partial charge in [-0.2, -0.15) is 0 Å². The zero-order valence-electron chi connectivity index (χ0n) is 12.1. The van der Waals surface area contributed by atoms with Crippen LogP contribution < -0.4 is 5.32 Å². The maximum atomic E-state index is 6.38. The molecule has 0 saturated heterocycles. The molecule has 0 aliphatic heterocycles. The van der Waals surface area contributed by atoms with Crippen molar-refractivity contribution in [1.29, 1.82) is 0 Å². The second kappa shape index (κ2) is 6.61. The van der Waals surface area contributed by atoms with E-state index in [9.17, 15) is 0 Å². The van der Waals surface area contributed by atoms with E-state index >= 15 is 0 Å². The maximum absolute atomic E-state index is 6.38. The lowest BCUT2D eigenvalue weighted by Crippen LogP contribution is -2.17. The van der Waals surface area contributed by atoms with Crippen LogP contribution in [0.15, 0.2) is 28.3 Å². The molecule has 20 heavy (non-hydrogen) atoms. The Morgan fingerprint density at radius 3 is 2.70 bits per heavy atom. The molecule has 1 unspecified atom stereocenters. The van der Waals surface area contributed by atoms with E-state index in [1.165, 1.54) is 17.3 Å². The van der Waals surface area contributed by atoms with Crippen LogP contribution in [0, 0.1) is 6.92 Å². The highest BCUT2D eigenvalue weighted by Crippen LogP contribution is 2.33. The Morgan fingerprint density at radius 1 is 1.40 bits per heavy atom. The summed E-state index contributed by atoms with van der Waals surface area (Å²) in [7, 11) is 1.95. The molecule has 1 aromatic carbocycles. The first-order valence-corrected chi connectivity index (χ1v) is 7.79. The largest absolute Gasteiger partial charge is 0.310 e. The van der Waals surface area contributed by atoms with E-state index in [-0.39, 0.29) is 0 Å². The standard InChI is InChI=1S/C14H19ClN4S/c1-5-16-9(2)11-6-7-13(12(15)8-11)20-14-18-17-10(3)19(14)4/h6-9,16H,5H2,1-4H3. The Morgan fingerprint density at radius 2 is 2.15 bits per heavy atom. The fourth-order valence-electron chi connectivity index (χ4n) is 1.87.